The first kappa shape index (κ1) is 14.4. The summed E-state index contributed by atoms with van der Waals surface area (Å²) in [6, 6.07) is 0.709. The number of nitrogens with zero attached hydrogens (tertiary/aromatic N) is 4. The number of rotatable bonds is 5. The van der Waals surface area contributed by atoms with E-state index in [2.05, 4.69) is 53.2 Å². The molecular formula is C14H27N5. The van der Waals surface area contributed by atoms with Gasteiger partial charge >= 0.3 is 0 Å². The van der Waals surface area contributed by atoms with Gasteiger partial charge in [-0.1, -0.05) is 20.8 Å². The van der Waals surface area contributed by atoms with Crippen LogP contribution in [0.4, 0.5) is 0 Å². The van der Waals surface area contributed by atoms with Crippen LogP contribution in [0.25, 0.3) is 0 Å². The van der Waals surface area contributed by atoms with Crippen LogP contribution in [0.1, 0.15) is 71.3 Å². The largest absolute Gasteiger partial charge is 0.307 e. The second-order valence-corrected chi connectivity index (χ2v) is 6.42. The van der Waals surface area contributed by atoms with Crippen LogP contribution in [0.15, 0.2) is 0 Å². The first-order valence-electron chi connectivity index (χ1n) is 7.59. The molecule has 0 spiro atoms. The van der Waals surface area contributed by atoms with Crippen molar-refractivity contribution in [2.24, 2.45) is 11.8 Å². The van der Waals surface area contributed by atoms with Crippen LogP contribution in [-0.2, 0) is 0 Å². The van der Waals surface area contributed by atoms with E-state index in [1.165, 1.54) is 25.7 Å². The van der Waals surface area contributed by atoms with Gasteiger partial charge in [-0.25, -0.2) is 4.68 Å². The molecular weight excluding hydrogens is 238 g/mol. The van der Waals surface area contributed by atoms with E-state index in [0.717, 1.165) is 18.3 Å². The molecule has 1 saturated carbocycles. The van der Waals surface area contributed by atoms with Gasteiger partial charge in [0, 0.05) is 0 Å². The zero-order valence-corrected chi connectivity index (χ0v) is 12.6. The second kappa shape index (κ2) is 6.46. The number of hydrogen-bond donors (Lipinski definition) is 1. The minimum atomic E-state index is 0.219. The Kier molecular flexibility index (Phi) is 4.91. The number of aromatic nitrogens is 4. The van der Waals surface area contributed by atoms with E-state index in [-0.39, 0.29) is 6.04 Å². The second-order valence-electron chi connectivity index (χ2n) is 6.42. The van der Waals surface area contributed by atoms with Crippen LogP contribution in [0, 0.1) is 11.8 Å². The SMILES string of the molecule is CC(C)CNC(C)c1nnnn1C1CCC(C)CC1. The minimum Gasteiger partial charge on any atom is -0.307 e. The van der Waals surface area contributed by atoms with Crippen molar-refractivity contribution in [1.29, 1.82) is 0 Å². The summed E-state index contributed by atoms with van der Waals surface area (Å²) in [6.45, 7) is 9.91. The van der Waals surface area contributed by atoms with Gasteiger partial charge in [-0.05, 0) is 61.4 Å². The minimum absolute atomic E-state index is 0.219. The Morgan fingerprint density at radius 1 is 1.21 bits per heavy atom. The lowest BCUT2D eigenvalue weighted by Gasteiger charge is -2.27. The molecule has 1 aliphatic rings. The lowest BCUT2D eigenvalue weighted by atomic mass is 9.87. The predicted octanol–water partition coefficient (Wildman–Crippen LogP) is 2.73. The lowest BCUT2D eigenvalue weighted by Crippen LogP contribution is -2.28. The highest BCUT2D eigenvalue weighted by atomic mass is 15.6. The van der Waals surface area contributed by atoms with E-state index in [4.69, 9.17) is 0 Å². The maximum absolute atomic E-state index is 4.23. The molecule has 0 aromatic carbocycles. The summed E-state index contributed by atoms with van der Waals surface area (Å²) in [5.41, 5.74) is 0. The van der Waals surface area contributed by atoms with Gasteiger partial charge in [-0.2, -0.15) is 0 Å². The molecule has 1 fully saturated rings. The van der Waals surface area contributed by atoms with E-state index in [9.17, 15) is 0 Å². The topological polar surface area (TPSA) is 55.6 Å². The Morgan fingerprint density at radius 3 is 2.53 bits per heavy atom. The Hall–Kier alpha value is -0.970. The average Bonchev–Trinajstić information content (AvgIpc) is 2.86. The van der Waals surface area contributed by atoms with Crippen LogP contribution < -0.4 is 5.32 Å². The lowest BCUT2D eigenvalue weighted by molar-refractivity contribution is 0.261. The third-order valence-corrected chi connectivity index (χ3v) is 4.07. The molecule has 1 unspecified atom stereocenters. The maximum atomic E-state index is 4.23. The summed E-state index contributed by atoms with van der Waals surface area (Å²) in [7, 11) is 0. The number of nitrogens with one attached hydrogen (secondary N) is 1. The van der Waals surface area contributed by atoms with Gasteiger partial charge in [0.15, 0.2) is 5.82 Å². The van der Waals surface area contributed by atoms with E-state index >= 15 is 0 Å². The van der Waals surface area contributed by atoms with Crippen molar-refractivity contribution in [2.75, 3.05) is 6.54 Å². The maximum Gasteiger partial charge on any atom is 0.168 e. The first-order chi connectivity index (χ1) is 9.08. The molecule has 1 aromatic rings. The van der Waals surface area contributed by atoms with E-state index in [1.807, 2.05) is 0 Å². The molecule has 0 bridgehead atoms. The Labute approximate surface area is 116 Å². The fraction of sp³-hybridized carbons (Fsp3) is 0.929. The van der Waals surface area contributed by atoms with Crippen LogP contribution in [0.2, 0.25) is 0 Å². The van der Waals surface area contributed by atoms with E-state index < -0.39 is 0 Å². The molecule has 1 aromatic heterocycles. The fourth-order valence-corrected chi connectivity index (χ4v) is 2.74. The standard InChI is InChI=1S/C14H27N5/c1-10(2)9-15-12(4)14-16-17-18-19(14)13-7-5-11(3)6-8-13/h10-13,15H,5-9H2,1-4H3. The van der Waals surface area contributed by atoms with Crippen LogP contribution >= 0.6 is 0 Å². The van der Waals surface area contributed by atoms with E-state index in [1.54, 1.807) is 0 Å². The summed E-state index contributed by atoms with van der Waals surface area (Å²) in [5.74, 6) is 2.48. The van der Waals surface area contributed by atoms with Crippen molar-refractivity contribution in [1.82, 2.24) is 25.5 Å². The van der Waals surface area contributed by atoms with Crippen molar-refractivity contribution in [3.63, 3.8) is 0 Å². The molecule has 5 heteroatoms. The monoisotopic (exact) mass is 265 g/mol. The summed E-state index contributed by atoms with van der Waals surface area (Å²) in [6.07, 6.45) is 4.99. The predicted molar refractivity (Wildman–Crippen MR) is 75.7 cm³/mol. The van der Waals surface area contributed by atoms with Gasteiger partial charge in [-0.15, -0.1) is 5.10 Å². The summed E-state index contributed by atoms with van der Waals surface area (Å²) >= 11 is 0. The smallest absolute Gasteiger partial charge is 0.168 e. The highest BCUT2D eigenvalue weighted by Crippen LogP contribution is 2.32. The van der Waals surface area contributed by atoms with Crippen molar-refractivity contribution >= 4 is 0 Å². The first-order valence-corrected chi connectivity index (χ1v) is 7.59. The highest BCUT2D eigenvalue weighted by molar-refractivity contribution is 4.93. The summed E-state index contributed by atoms with van der Waals surface area (Å²) < 4.78 is 2.06. The molecule has 0 amide bonds. The molecule has 1 heterocycles. The van der Waals surface area contributed by atoms with Crippen molar-refractivity contribution < 1.29 is 0 Å². The summed E-state index contributed by atoms with van der Waals surface area (Å²) in [4.78, 5) is 0. The zero-order valence-electron chi connectivity index (χ0n) is 12.6. The fourth-order valence-electron chi connectivity index (χ4n) is 2.74. The Bertz CT molecular complexity index is 379. The number of hydrogen-bond acceptors (Lipinski definition) is 4. The van der Waals surface area contributed by atoms with Gasteiger partial charge < -0.3 is 5.32 Å². The molecule has 0 saturated heterocycles. The molecule has 1 aliphatic carbocycles. The van der Waals surface area contributed by atoms with Gasteiger partial charge in [-0.3, -0.25) is 0 Å². The highest BCUT2D eigenvalue weighted by Gasteiger charge is 2.25. The van der Waals surface area contributed by atoms with Gasteiger partial charge in [0.2, 0.25) is 0 Å². The molecule has 108 valence electrons. The third kappa shape index (κ3) is 3.75. The average molecular weight is 265 g/mol. The molecule has 0 aliphatic heterocycles. The van der Waals surface area contributed by atoms with Crippen molar-refractivity contribution in [3.8, 4) is 0 Å². The normalized spacial score (nSPS) is 25.7. The summed E-state index contributed by atoms with van der Waals surface area (Å²) in [5, 5.41) is 15.9. The Balaban J connectivity index is 2.00. The van der Waals surface area contributed by atoms with Crippen LogP contribution in [0.5, 0.6) is 0 Å². The van der Waals surface area contributed by atoms with Gasteiger partial charge in [0.1, 0.15) is 0 Å². The quantitative estimate of drug-likeness (QED) is 0.889. The molecule has 5 nitrogen and oxygen atoms in total. The Morgan fingerprint density at radius 2 is 1.89 bits per heavy atom. The molecule has 19 heavy (non-hydrogen) atoms. The van der Waals surface area contributed by atoms with Crippen molar-refractivity contribution in [2.45, 2.75) is 65.5 Å². The molecule has 0 radical (unpaired) electrons. The molecule has 1 N–H and O–H groups in total. The van der Waals surface area contributed by atoms with E-state index in [0.29, 0.717) is 12.0 Å². The van der Waals surface area contributed by atoms with Crippen LogP contribution in [0.3, 0.4) is 0 Å². The number of tetrazole rings is 1. The van der Waals surface area contributed by atoms with Gasteiger partial charge in [0.05, 0.1) is 12.1 Å². The zero-order chi connectivity index (χ0) is 13.8. The molecule has 1 atom stereocenters. The van der Waals surface area contributed by atoms with Crippen LogP contribution in [-0.4, -0.2) is 26.8 Å². The molecule has 2 rings (SSSR count). The third-order valence-electron chi connectivity index (χ3n) is 4.07. The van der Waals surface area contributed by atoms with Gasteiger partial charge in [0.25, 0.3) is 0 Å². The van der Waals surface area contributed by atoms with Crippen molar-refractivity contribution in [3.05, 3.63) is 5.82 Å².